The van der Waals surface area contributed by atoms with Crippen molar-refractivity contribution in [3.8, 4) is 0 Å². The Balaban J connectivity index is 1.89. The number of pyridine rings is 1. The molecule has 2 aromatic rings. The van der Waals surface area contributed by atoms with Gasteiger partial charge in [0.05, 0.1) is 17.8 Å². The molecule has 0 amide bonds. The van der Waals surface area contributed by atoms with Crippen LogP contribution in [0.5, 0.6) is 0 Å². The number of aliphatic hydroxyl groups is 1. The van der Waals surface area contributed by atoms with Gasteiger partial charge < -0.3 is 24.4 Å². The molecular weight excluding hydrogens is 379 g/mol. The van der Waals surface area contributed by atoms with E-state index in [2.05, 4.69) is 0 Å². The van der Waals surface area contributed by atoms with E-state index in [9.17, 15) is 19.8 Å². The van der Waals surface area contributed by atoms with Crippen molar-refractivity contribution in [1.82, 2.24) is 4.57 Å². The Morgan fingerprint density at radius 1 is 1.31 bits per heavy atom. The maximum atomic E-state index is 15.2. The quantitative estimate of drug-likeness (QED) is 0.767. The number of carboxylic acids is 1. The molecule has 1 aromatic heterocycles. The third-order valence-corrected chi connectivity index (χ3v) is 6.16. The van der Waals surface area contributed by atoms with Crippen LogP contribution in [0.2, 0.25) is 0 Å². The van der Waals surface area contributed by atoms with Gasteiger partial charge in [-0.05, 0) is 31.4 Å². The lowest BCUT2D eigenvalue weighted by Crippen LogP contribution is -2.25. The minimum atomic E-state index is -1.30. The molecule has 7 nitrogen and oxygen atoms in total. The number of rotatable bonds is 6. The van der Waals surface area contributed by atoms with Crippen LogP contribution in [-0.2, 0) is 4.74 Å². The summed E-state index contributed by atoms with van der Waals surface area (Å²) in [5.74, 6) is -1.79. The van der Waals surface area contributed by atoms with Crippen LogP contribution in [0.3, 0.4) is 0 Å². The molecule has 2 heterocycles. The Kier molecular flexibility index (Phi) is 5.08. The van der Waals surface area contributed by atoms with E-state index in [4.69, 9.17) is 4.74 Å². The summed E-state index contributed by atoms with van der Waals surface area (Å²) in [6, 6.07) is 1.29. The highest BCUT2D eigenvalue weighted by Crippen LogP contribution is 2.41. The number of aromatic nitrogens is 1. The standard InChI is InChI=1S/C21H25FN2O5/c1-11-18-15(20(26)16(21(27)28)8-24(18)14-3-4-14)5-17(22)19(11)23-6-12(9-25)13(7-23)10-29-2/h5,8,12-14,25H,3-4,6-7,9-10H2,1-2H3,(H,27,28)/t12-,13+/m0/s1. The Labute approximate surface area is 167 Å². The summed E-state index contributed by atoms with van der Waals surface area (Å²) in [6.07, 6.45) is 3.19. The van der Waals surface area contributed by atoms with Crippen molar-refractivity contribution in [3.05, 3.63) is 39.4 Å². The Morgan fingerprint density at radius 3 is 2.59 bits per heavy atom. The van der Waals surface area contributed by atoms with E-state index in [1.165, 1.54) is 12.3 Å². The first kappa shape index (κ1) is 19.8. The molecule has 0 radical (unpaired) electrons. The molecule has 2 fully saturated rings. The van der Waals surface area contributed by atoms with E-state index in [-0.39, 0.29) is 35.4 Å². The van der Waals surface area contributed by atoms with Crippen molar-refractivity contribution >= 4 is 22.6 Å². The number of hydrogen-bond donors (Lipinski definition) is 2. The van der Waals surface area contributed by atoms with Gasteiger partial charge in [0.2, 0.25) is 5.43 Å². The van der Waals surface area contributed by atoms with Crippen molar-refractivity contribution < 1.29 is 24.1 Å². The van der Waals surface area contributed by atoms with Crippen molar-refractivity contribution in [2.75, 3.05) is 38.3 Å². The Bertz CT molecular complexity index is 1030. The lowest BCUT2D eigenvalue weighted by molar-refractivity contribution is 0.0695. The average molecular weight is 404 g/mol. The first-order valence-corrected chi connectivity index (χ1v) is 9.83. The van der Waals surface area contributed by atoms with Crippen molar-refractivity contribution in [2.24, 2.45) is 11.8 Å². The zero-order valence-electron chi connectivity index (χ0n) is 16.5. The second kappa shape index (κ2) is 7.42. The fourth-order valence-corrected chi connectivity index (χ4v) is 4.58. The lowest BCUT2D eigenvalue weighted by Gasteiger charge is -2.24. The molecule has 156 valence electrons. The largest absolute Gasteiger partial charge is 0.477 e. The lowest BCUT2D eigenvalue weighted by atomic mass is 9.98. The molecule has 8 heteroatoms. The molecule has 2 N–H and O–H groups in total. The number of ether oxygens (including phenoxy) is 1. The summed E-state index contributed by atoms with van der Waals surface area (Å²) in [7, 11) is 1.60. The number of anilines is 1. The van der Waals surface area contributed by atoms with Crippen LogP contribution >= 0.6 is 0 Å². The van der Waals surface area contributed by atoms with Gasteiger partial charge in [-0.25, -0.2) is 9.18 Å². The molecule has 0 unspecified atom stereocenters. The van der Waals surface area contributed by atoms with Gasteiger partial charge >= 0.3 is 5.97 Å². The number of nitrogens with zero attached hydrogens (tertiary/aromatic N) is 2. The highest BCUT2D eigenvalue weighted by atomic mass is 19.1. The first-order valence-electron chi connectivity index (χ1n) is 9.83. The van der Waals surface area contributed by atoms with E-state index >= 15 is 4.39 Å². The minimum absolute atomic E-state index is 0.00642. The van der Waals surface area contributed by atoms with Gasteiger partial charge in [-0.2, -0.15) is 0 Å². The molecule has 4 rings (SSSR count). The SMILES string of the molecule is COC[C@H]1CN(c2c(F)cc3c(=O)c(C(=O)O)cn(C4CC4)c3c2C)C[C@H]1CO. The number of aliphatic hydroxyl groups excluding tert-OH is 1. The summed E-state index contributed by atoms with van der Waals surface area (Å²) in [4.78, 5) is 26.1. The van der Waals surface area contributed by atoms with E-state index in [1.807, 2.05) is 9.47 Å². The van der Waals surface area contributed by atoms with E-state index in [1.54, 1.807) is 14.0 Å². The van der Waals surface area contributed by atoms with Crippen LogP contribution in [0.4, 0.5) is 10.1 Å². The molecule has 0 bridgehead atoms. The molecule has 1 aromatic carbocycles. The van der Waals surface area contributed by atoms with Crippen molar-refractivity contribution in [3.63, 3.8) is 0 Å². The van der Waals surface area contributed by atoms with Gasteiger partial charge in [0.25, 0.3) is 0 Å². The number of methoxy groups -OCH3 is 1. The summed E-state index contributed by atoms with van der Waals surface area (Å²) in [5, 5.41) is 19.2. The molecule has 29 heavy (non-hydrogen) atoms. The fraction of sp³-hybridized carbons (Fsp3) is 0.524. The van der Waals surface area contributed by atoms with E-state index in [0.717, 1.165) is 12.8 Å². The monoisotopic (exact) mass is 404 g/mol. The highest BCUT2D eigenvalue weighted by molar-refractivity contribution is 5.95. The second-order valence-corrected chi connectivity index (χ2v) is 8.11. The number of carbonyl (C=O) groups is 1. The third kappa shape index (κ3) is 3.30. The molecule has 1 aliphatic carbocycles. The van der Waals surface area contributed by atoms with E-state index in [0.29, 0.717) is 36.5 Å². The smallest absolute Gasteiger partial charge is 0.341 e. The van der Waals surface area contributed by atoms with Gasteiger partial charge in [0.15, 0.2) is 0 Å². The van der Waals surface area contributed by atoms with Gasteiger partial charge in [-0.3, -0.25) is 4.79 Å². The number of hydrogen-bond acceptors (Lipinski definition) is 5. The zero-order valence-corrected chi connectivity index (χ0v) is 16.5. The molecule has 2 atom stereocenters. The molecule has 1 aliphatic heterocycles. The predicted molar refractivity (Wildman–Crippen MR) is 106 cm³/mol. The number of aryl methyl sites for hydroxylation is 1. The highest BCUT2D eigenvalue weighted by Gasteiger charge is 2.35. The fourth-order valence-electron chi connectivity index (χ4n) is 4.58. The molecule has 2 aliphatic rings. The number of carboxylic acid groups (broad SMARTS) is 1. The van der Waals surface area contributed by atoms with Crippen LogP contribution in [0, 0.1) is 24.6 Å². The van der Waals surface area contributed by atoms with Gasteiger partial charge in [0, 0.05) is 56.3 Å². The molecule has 1 saturated heterocycles. The summed E-state index contributed by atoms with van der Waals surface area (Å²) >= 11 is 0. The van der Waals surface area contributed by atoms with Gasteiger partial charge in [-0.15, -0.1) is 0 Å². The van der Waals surface area contributed by atoms with Crippen molar-refractivity contribution in [2.45, 2.75) is 25.8 Å². The van der Waals surface area contributed by atoms with Crippen LogP contribution in [0.25, 0.3) is 10.9 Å². The zero-order chi connectivity index (χ0) is 20.9. The van der Waals surface area contributed by atoms with Crippen molar-refractivity contribution in [1.29, 1.82) is 0 Å². The molecule has 0 spiro atoms. The minimum Gasteiger partial charge on any atom is -0.477 e. The van der Waals surface area contributed by atoms with Crippen LogP contribution < -0.4 is 10.3 Å². The number of fused-ring (bicyclic) bond motifs is 1. The second-order valence-electron chi connectivity index (χ2n) is 8.11. The average Bonchev–Trinajstić information content (AvgIpc) is 3.44. The summed E-state index contributed by atoms with van der Waals surface area (Å²) < 4.78 is 22.3. The number of benzene rings is 1. The maximum absolute atomic E-state index is 15.2. The third-order valence-electron chi connectivity index (χ3n) is 6.16. The number of halogens is 1. The Morgan fingerprint density at radius 2 is 2.00 bits per heavy atom. The normalized spacial score (nSPS) is 21.9. The maximum Gasteiger partial charge on any atom is 0.341 e. The first-order chi connectivity index (χ1) is 13.9. The van der Waals surface area contributed by atoms with E-state index < -0.39 is 17.2 Å². The molecule has 1 saturated carbocycles. The predicted octanol–water partition coefficient (Wildman–Crippen LogP) is 2.17. The van der Waals surface area contributed by atoms with Gasteiger partial charge in [0.1, 0.15) is 11.4 Å². The Hall–Kier alpha value is -2.45. The van der Waals surface area contributed by atoms with Crippen LogP contribution in [-0.4, -0.2) is 54.2 Å². The topological polar surface area (TPSA) is 92.0 Å². The summed E-state index contributed by atoms with van der Waals surface area (Å²) in [6.45, 7) is 3.28. The molecular formula is C21H25FN2O5. The number of aromatic carboxylic acids is 1. The van der Waals surface area contributed by atoms with Crippen LogP contribution in [0.1, 0.15) is 34.8 Å². The van der Waals surface area contributed by atoms with Gasteiger partial charge in [-0.1, -0.05) is 0 Å². The summed E-state index contributed by atoms with van der Waals surface area (Å²) in [5.41, 5.74) is 0.624. The van der Waals surface area contributed by atoms with Crippen LogP contribution in [0.15, 0.2) is 17.1 Å².